The van der Waals surface area contributed by atoms with Gasteiger partial charge in [0.1, 0.15) is 0 Å². The Morgan fingerprint density at radius 3 is 2.79 bits per heavy atom. The summed E-state index contributed by atoms with van der Waals surface area (Å²) in [4.78, 5) is 25.6. The number of ether oxygens (including phenoxy) is 2. The molecule has 1 aromatic rings. The van der Waals surface area contributed by atoms with Gasteiger partial charge in [0, 0.05) is 26.1 Å². The zero-order valence-electron chi connectivity index (χ0n) is 14.2. The quantitative estimate of drug-likeness (QED) is 0.731. The van der Waals surface area contributed by atoms with Crippen molar-refractivity contribution in [1.82, 2.24) is 10.2 Å². The van der Waals surface area contributed by atoms with Crippen LogP contribution in [0.25, 0.3) is 0 Å². The molecule has 1 aliphatic rings. The lowest BCUT2D eigenvalue weighted by molar-refractivity contribution is -0.128. The standard InChI is InChI=1S/C18H24N2O4/c1-4-9-20-12-14(11-17(20)21)18(22)19-8-7-13-5-6-15(23-2)16(10-13)24-3/h4-6,10,14H,1,7-9,11-12H2,2-3H3,(H,19,22). The van der Waals surface area contributed by atoms with Gasteiger partial charge in [-0.2, -0.15) is 0 Å². The van der Waals surface area contributed by atoms with Gasteiger partial charge in [-0.05, 0) is 24.1 Å². The number of nitrogens with zero attached hydrogens (tertiary/aromatic N) is 1. The second-order valence-corrected chi connectivity index (χ2v) is 5.72. The van der Waals surface area contributed by atoms with Crippen molar-refractivity contribution in [3.8, 4) is 11.5 Å². The number of hydrogen-bond donors (Lipinski definition) is 1. The normalized spacial score (nSPS) is 16.8. The highest BCUT2D eigenvalue weighted by Gasteiger charge is 2.33. The van der Waals surface area contributed by atoms with Crippen molar-refractivity contribution in [3.05, 3.63) is 36.4 Å². The van der Waals surface area contributed by atoms with Gasteiger partial charge in [0.2, 0.25) is 11.8 Å². The average Bonchev–Trinajstić information content (AvgIpc) is 2.96. The first-order chi connectivity index (χ1) is 11.6. The van der Waals surface area contributed by atoms with Crippen molar-refractivity contribution in [2.45, 2.75) is 12.8 Å². The SMILES string of the molecule is C=CCN1CC(C(=O)NCCc2ccc(OC)c(OC)c2)CC1=O. The van der Waals surface area contributed by atoms with Crippen molar-refractivity contribution in [1.29, 1.82) is 0 Å². The molecule has 0 bridgehead atoms. The molecule has 2 rings (SSSR count). The van der Waals surface area contributed by atoms with Crippen molar-refractivity contribution in [2.24, 2.45) is 5.92 Å². The third-order valence-corrected chi connectivity index (χ3v) is 4.10. The Kier molecular flexibility index (Phi) is 6.23. The molecule has 0 saturated carbocycles. The minimum Gasteiger partial charge on any atom is -0.493 e. The third kappa shape index (κ3) is 4.28. The molecule has 0 aliphatic carbocycles. The second-order valence-electron chi connectivity index (χ2n) is 5.72. The first-order valence-corrected chi connectivity index (χ1v) is 7.96. The summed E-state index contributed by atoms with van der Waals surface area (Å²) in [5, 5.41) is 2.91. The molecule has 1 aromatic carbocycles. The van der Waals surface area contributed by atoms with E-state index in [4.69, 9.17) is 9.47 Å². The molecule has 6 heteroatoms. The van der Waals surface area contributed by atoms with Crippen LogP contribution in [0.15, 0.2) is 30.9 Å². The highest BCUT2D eigenvalue weighted by Crippen LogP contribution is 2.27. The van der Waals surface area contributed by atoms with E-state index < -0.39 is 0 Å². The maximum absolute atomic E-state index is 12.2. The van der Waals surface area contributed by atoms with Crippen LogP contribution in [0, 0.1) is 5.92 Å². The minimum atomic E-state index is -0.275. The molecule has 130 valence electrons. The lowest BCUT2D eigenvalue weighted by Crippen LogP contribution is -2.34. The van der Waals surface area contributed by atoms with E-state index in [2.05, 4.69) is 11.9 Å². The lowest BCUT2D eigenvalue weighted by Gasteiger charge is -2.14. The van der Waals surface area contributed by atoms with E-state index in [0.29, 0.717) is 37.6 Å². The largest absolute Gasteiger partial charge is 0.493 e. The molecule has 6 nitrogen and oxygen atoms in total. The number of hydrogen-bond acceptors (Lipinski definition) is 4. The molecule has 2 amide bonds. The molecule has 1 atom stereocenters. The number of amides is 2. The van der Waals surface area contributed by atoms with Gasteiger partial charge in [0.15, 0.2) is 11.5 Å². The van der Waals surface area contributed by atoms with Crippen molar-refractivity contribution in [3.63, 3.8) is 0 Å². The van der Waals surface area contributed by atoms with Crippen LogP contribution in [0.4, 0.5) is 0 Å². The van der Waals surface area contributed by atoms with E-state index in [1.54, 1.807) is 25.2 Å². The van der Waals surface area contributed by atoms with Crippen LogP contribution in [-0.4, -0.2) is 50.6 Å². The third-order valence-electron chi connectivity index (χ3n) is 4.10. The summed E-state index contributed by atoms with van der Waals surface area (Å²) < 4.78 is 10.5. The Morgan fingerprint density at radius 1 is 1.38 bits per heavy atom. The highest BCUT2D eigenvalue weighted by atomic mass is 16.5. The predicted molar refractivity (Wildman–Crippen MR) is 91.1 cm³/mol. The van der Waals surface area contributed by atoms with Gasteiger partial charge in [-0.25, -0.2) is 0 Å². The van der Waals surface area contributed by atoms with Crippen LogP contribution in [0.2, 0.25) is 0 Å². The summed E-state index contributed by atoms with van der Waals surface area (Å²) >= 11 is 0. The van der Waals surface area contributed by atoms with Crippen LogP contribution < -0.4 is 14.8 Å². The number of benzene rings is 1. The fourth-order valence-electron chi connectivity index (χ4n) is 2.79. The van der Waals surface area contributed by atoms with E-state index in [1.807, 2.05) is 18.2 Å². The number of rotatable bonds is 8. The number of likely N-dealkylation sites (tertiary alicyclic amines) is 1. The fraction of sp³-hybridized carbons (Fsp3) is 0.444. The number of carbonyl (C=O) groups excluding carboxylic acids is 2. The van der Waals surface area contributed by atoms with Gasteiger partial charge in [-0.3, -0.25) is 9.59 Å². The Bertz CT molecular complexity index is 615. The topological polar surface area (TPSA) is 67.9 Å². The molecule has 1 aliphatic heterocycles. The Morgan fingerprint density at radius 2 is 2.12 bits per heavy atom. The van der Waals surface area contributed by atoms with Gasteiger partial charge in [-0.15, -0.1) is 6.58 Å². The summed E-state index contributed by atoms with van der Waals surface area (Å²) in [6.45, 7) is 5.10. The van der Waals surface area contributed by atoms with Gasteiger partial charge < -0.3 is 19.7 Å². The van der Waals surface area contributed by atoms with Crippen LogP contribution in [0.5, 0.6) is 11.5 Å². The number of carbonyl (C=O) groups is 2. The average molecular weight is 332 g/mol. The summed E-state index contributed by atoms with van der Waals surface area (Å²) in [6.07, 6.45) is 2.63. The van der Waals surface area contributed by atoms with E-state index in [9.17, 15) is 9.59 Å². The molecule has 1 heterocycles. The van der Waals surface area contributed by atoms with E-state index >= 15 is 0 Å². The Labute approximate surface area is 142 Å². The van der Waals surface area contributed by atoms with Crippen LogP contribution >= 0.6 is 0 Å². The fourth-order valence-corrected chi connectivity index (χ4v) is 2.79. The van der Waals surface area contributed by atoms with Crippen LogP contribution in [0.3, 0.4) is 0 Å². The first-order valence-electron chi connectivity index (χ1n) is 7.96. The summed E-state index contributed by atoms with van der Waals surface area (Å²) in [6, 6.07) is 5.69. The highest BCUT2D eigenvalue weighted by molar-refractivity contribution is 5.89. The maximum atomic E-state index is 12.2. The van der Waals surface area contributed by atoms with E-state index in [1.165, 1.54) is 0 Å². The summed E-state index contributed by atoms with van der Waals surface area (Å²) in [7, 11) is 3.19. The van der Waals surface area contributed by atoms with Crippen molar-refractivity contribution < 1.29 is 19.1 Å². The number of nitrogens with one attached hydrogen (secondary N) is 1. The summed E-state index contributed by atoms with van der Waals surface area (Å²) in [5.41, 5.74) is 1.05. The van der Waals surface area contributed by atoms with Gasteiger partial charge in [0.05, 0.1) is 20.1 Å². The van der Waals surface area contributed by atoms with Gasteiger partial charge in [0.25, 0.3) is 0 Å². The molecular weight excluding hydrogens is 308 g/mol. The smallest absolute Gasteiger partial charge is 0.225 e. The second kappa shape index (κ2) is 8.38. The van der Waals surface area contributed by atoms with Crippen molar-refractivity contribution >= 4 is 11.8 Å². The summed E-state index contributed by atoms with van der Waals surface area (Å²) in [5.74, 6) is 1.01. The molecule has 0 aromatic heterocycles. The molecular formula is C18H24N2O4. The Balaban J connectivity index is 1.83. The zero-order valence-corrected chi connectivity index (χ0v) is 14.2. The molecule has 0 radical (unpaired) electrons. The first kappa shape index (κ1) is 17.8. The molecule has 1 fully saturated rings. The van der Waals surface area contributed by atoms with Gasteiger partial charge >= 0.3 is 0 Å². The van der Waals surface area contributed by atoms with Crippen LogP contribution in [-0.2, 0) is 16.0 Å². The lowest BCUT2D eigenvalue weighted by atomic mass is 10.1. The molecule has 24 heavy (non-hydrogen) atoms. The molecule has 1 unspecified atom stereocenters. The predicted octanol–water partition coefficient (Wildman–Crippen LogP) is 1.40. The maximum Gasteiger partial charge on any atom is 0.225 e. The number of methoxy groups -OCH3 is 2. The van der Waals surface area contributed by atoms with E-state index in [0.717, 1.165) is 5.56 Å². The van der Waals surface area contributed by atoms with Gasteiger partial charge in [-0.1, -0.05) is 12.1 Å². The van der Waals surface area contributed by atoms with Crippen molar-refractivity contribution in [2.75, 3.05) is 33.9 Å². The zero-order chi connectivity index (χ0) is 17.5. The monoisotopic (exact) mass is 332 g/mol. The van der Waals surface area contributed by atoms with Crippen LogP contribution in [0.1, 0.15) is 12.0 Å². The molecule has 1 N–H and O–H groups in total. The molecule has 1 saturated heterocycles. The van der Waals surface area contributed by atoms with E-state index in [-0.39, 0.29) is 24.2 Å². The Hall–Kier alpha value is -2.50. The minimum absolute atomic E-state index is 0.00920. The molecule has 0 spiro atoms.